The second kappa shape index (κ2) is 11.4. The molecule has 6 aromatic carbocycles. The molecule has 0 saturated carbocycles. The van der Waals surface area contributed by atoms with E-state index in [0.29, 0.717) is 5.92 Å². The van der Waals surface area contributed by atoms with E-state index in [0.717, 1.165) is 12.8 Å². The predicted octanol–water partition coefficient (Wildman–Crippen LogP) is 11.8. The molecule has 0 bridgehead atoms. The fourth-order valence-corrected chi connectivity index (χ4v) is 8.96. The van der Waals surface area contributed by atoms with Gasteiger partial charge in [-0.25, -0.2) is 0 Å². The van der Waals surface area contributed by atoms with Crippen molar-refractivity contribution in [1.82, 2.24) is 9.55 Å². The number of nitrogens with zero attached hydrogens (tertiary/aromatic N) is 2. The van der Waals surface area contributed by atoms with Crippen molar-refractivity contribution < 1.29 is 0 Å². The quantitative estimate of drug-likeness (QED) is 0.184. The molecule has 246 valence electrons. The molecule has 0 aliphatic heterocycles. The molecular formula is C49H40N2. The number of hydrogen-bond acceptors (Lipinski definition) is 1. The summed E-state index contributed by atoms with van der Waals surface area (Å²) in [6.07, 6.45) is 13.0. The van der Waals surface area contributed by atoms with Gasteiger partial charge in [0.05, 0.1) is 11.0 Å². The lowest BCUT2D eigenvalue weighted by Crippen LogP contribution is -2.23. The highest BCUT2D eigenvalue weighted by molar-refractivity contribution is 6.13. The van der Waals surface area contributed by atoms with Gasteiger partial charge in [-0.2, -0.15) is 0 Å². The average molecular weight is 657 g/mol. The van der Waals surface area contributed by atoms with E-state index in [2.05, 4.69) is 164 Å². The van der Waals surface area contributed by atoms with Crippen LogP contribution in [-0.4, -0.2) is 9.55 Å². The molecule has 0 spiro atoms. The molecule has 2 nitrogen and oxygen atoms in total. The number of hydrogen-bond donors (Lipinski definition) is 0. The highest BCUT2D eigenvalue weighted by Gasteiger charge is 2.30. The van der Waals surface area contributed by atoms with Crippen LogP contribution in [0.15, 0.2) is 152 Å². The molecule has 2 aliphatic rings. The van der Waals surface area contributed by atoms with Crippen LogP contribution in [0.4, 0.5) is 0 Å². The molecule has 10 rings (SSSR count). The number of para-hydroxylation sites is 2. The summed E-state index contributed by atoms with van der Waals surface area (Å²) in [5.41, 5.74) is 12.0. The number of aromatic nitrogens is 2. The van der Waals surface area contributed by atoms with E-state index in [1.165, 1.54) is 82.1 Å². The van der Waals surface area contributed by atoms with E-state index < -0.39 is 0 Å². The molecule has 0 saturated heterocycles. The normalized spacial score (nSPS) is 17.5. The molecule has 2 unspecified atom stereocenters. The van der Waals surface area contributed by atoms with Crippen LogP contribution in [-0.2, 0) is 5.41 Å². The summed E-state index contributed by atoms with van der Waals surface area (Å²) in [4.78, 5) is 4.38. The van der Waals surface area contributed by atoms with Gasteiger partial charge in [-0.1, -0.05) is 130 Å². The van der Waals surface area contributed by atoms with Crippen LogP contribution in [0, 0.1) is 5.92 Å². The van der Waals surface area contributed by atoms with Gasteiger partial charge in [0.25, 0.3) is 0 Å². The Hall–Kier alpha value is -5.73. The number of rotatable bonds is 4. The zero-order valence-corrected chi connectivity index (χ0v) is 29.4. The van der Waals surface area contributed by atoms with Crippen molar-refractivity contribution in [3.63, 3.8) is 0 Å². The molecule has 0 N–H and O–H groups in total. The van der Waals surface area contributed by atoms with Gasteiger partial charge in [0, 0.05) is 40.7 Å². The van der Waals surface area contributed by atoms with Crippen molar-refractivity contribution in [2.45, 2.75) is 44.9 Å². The summed E-state index contributed by atoms with van der Waals surface area (Å²) in [6.45, 7) is 6.96. The fourth-order valence-electron chi connectivity index (χ4n) is 8.96. The molecule has 2 heteroatoms. The van der Waals surface area contributed by atoms with Gasteiger partial charge in [0.2, 0.25) is 0 Å². The Kier molecular flexibility index (Phi) is 6.73. The van der Waals surface area contributed by atoms with Gasteiger partial charge in [-0.15, -0.1) is 0 Å². The topological polar surface area (TPSA) is 17.8 Å². The third-order valence-corrected chi connectivity index (χ3v) is 11.5. The molecule has 0 fully saturated rings. The minimum absolute atomic E-state index is 0.0811. The molecule has 2 aromatic heterocycles. The van der Waals surface area contributed by atoms with Gasteiger partial charge in [-0.05, 0) is 109 Å². The number of fused-ring (bicyclic) bond motifs is 3. The van der Waals surface area contributed by atoms with E-state index in [-0.39, 0.29) is 11.3 Å². The van der Waals surface area contributed by atoms with Crippen molar-refractivity contribution in [3.8, 4) is 5.69 Å². The van der Waals surface area contributed by atoms with E-state index >= 15 is 0 Å². The highest BCUT2D eigenvalue weighted by Crippen LogP contribution is 2.46. The van der Waals surface area contributed by atoms with Gasteiger partial charge < -0.3 is 4.57 Å². The summed E-state index contributed by atoms with van der Waals surface area (Å²) in [7, 11) is 0. The molecular weight excluding hydrogens is 617 g/mol. The van der Waals surface area contributed by atoms with Gasteiger partial charge in [-0.3, -0.25) is 4.98 Å². The summed E-state index contributed by atoms with van der Waals surface area (Å²) in [5, 5.41) is 9.59. The van der Waals surface area contributed by atoms with Gasteiger partial charge in [0.15, 0.2) is 0 Å². The molecule has 2 aliphatic carbocycles. The van der Waals surface area contributed by atoms with Crippen LogP contribution in [0.2, 0.25) is 0 Å². The third kappa shape index (κ3) is 4.81. The highest BCUT2D eigenvalue weighted by atomic mass is 15.0. The van der Waals surface area contributed by atoms with Crippen LogP contribution < -0.4 is 5.22 Å². The van der Waals surface area contributed by atoms with Crippen molar-refractivity contribution in [2.24, 2.45) is 5.92 Å². The van der Waals surface area contributed by atoms with Crippen LogP contribution in [0.1, 0.15) is 61.8 Å². The van der Waals surface area contributed by atoms with Gasteiger partial charge in [0.1, 0.15) is 0 Å². The lowest BCUT2D eigenvalue weighted by Gasteiger charge is -2.31. The lowest BCUT2D eigenvalue weighted by atomic mass is 9.72. The largest absolute Gasteiger partial charge is 0.309 e. The maximum Gasteiger partial charge on any atom is 0.0541 e. The maximum absolute atomic E-state index is 4.38. The summed E-state index contributed by atoms with van der Waals surface area (Å²) < 4.78 is 2.42. The predicted molar refractivity (Wildman–Crippen MR) is 215 cm³/mol. The van der Waals surface area contributed by atoms with E-state index in [4.69, 9.17) is 0 Å². The molecule has 8 aromatic rings. The van der Waals surface area contributed by atoms with E-state index in [9.17, 15) is 0 Å². The standard InChI is InChI=1S/C49H40N2/c1-49(2,3)37-26-34-19-22-40-42(32-17-15-31(16-18-32)36-10-9-25-50-30-36)29-43(41-23-20-35(27-37)47(34)48(40)41)33-21-24-46-44(28-33)39-13-7-8-14-45(39)51(46)38-11-5-4-6-12-38/h4-17,19-28,30,32,43H,18,29H2,1-3H3. The van der Waals surface area contributed by atoms with E-state index in [1.54, 1.807) is 5.57 Å². The first-order valence-electron chi connectivity index (χ1n) is 18.3. The summed E-state index contributed by atoms with van der Waals surface area (Å²) in [6, 6.07) is 45.6. The summed E-state index contributed by atoms with van der Waals surface area (Å²) in [5.74, 6) is 0.597. The Morgan fingerprint density at radius 3 is 2.25 bits per heavy atom. The second-order valence-electron chi connectivity index (χ2n) is 15.5. The van der Waals surface area contributed by atoms with E-state index in [1.807, 2.05) is 18.5 Å². The minimum atomic E-state index is 0.0811. The minimum Gasteiger partial charge on any atom is -0.309 e. The molecule has 2 heterocycles. The average Bonchev–Trinajstić information content (AvgIpc) is 3.50. The lowest BCUT2D eigenvalue weighted by molar-refractivity contribution is 0.591. The number of allylic oxidation sites excluding steroid dienone is 4. The van der Waals surface area contributed by atoms with Crippen molar-refractivity contribution in [3.05, 3.63) is 179 Å². The zero-order valence-electron chi connectivity index (χ0n) is 29.4. The van der Waals surface area contributed by atoms with Crippen molar-refractivity contribution in [2.75, 3.05) is 0 Å². The van der Waals surface area contributed by atoms with Crippen molar-refractivity contribution >= 4 is 54.5 Å². The first-order chi connectivity index (χ1) is 24.9. The first kappa shape index (κ1) is 30.1. The first-order valence-corrected chi connectivity index (χ1v) is 18.3. The third-order valence-electron chi connectivity index (χ3n) is 11.5. The Bertz CT molecular complexity index is 2750. The second-order valence-corrected chi connectivity index (χ2v) is 15.5. The van der Waals surface area contributed by atoms with Gasteiger partial charge >= 0.3 is 0 Å². The maximum atomic E-state index is 4.38. The zero-order chi connectivity index (χ0) is 34.3. The molecule has 0 amide bonds. The van der Waals surface area contributed by atoms with Crippen LogP contribution in [0.3, 0.4) is 0 Å². The monoisotopic (exact) mass is 656 g/mol. The Morgan fingerprint density at radius 1 is 0.706 bits per heavy atom. The summed E-state index contributed by atoms with van der Waals surface area (Å²) >= 11 is 0. The molecule has 2 atom stereocenters. The number of pyridine rings is 1. The Morgan fingerprint density at radius 2 is 1.49 bits per heavy atom. The molecule has 0 radical (unpaired) electrons. The Balaban J connectivity index is 1.18. The smallest absolute Gasteiger partial charge is 0.0541 e. The van der Waals surface area contributed by atoms with Crippen LogP contribution >= 0.6 is 0 Å². The fraction of sp³-hybridized carbons (Fsp3) is 0.163. The van der Waals surface area contributed by atoms with Crippen LogP contribution in [0.25, 0.3) is 60.2 Å². The number of benzene rings is 6. The SMILES string of the molecule is CC(C)(C)c1cc2ccc3c4c(ccc(c1)c24)=C(C1C=CC(c2cccnc2)=CC1)CC3c1ccc2c(c1)c1ccccc1n2-c1ccccc1. The Labute approximate surface area is 299 Å². The van der Waals surface area contributed by atoms with Crippen LogP contribution in [0.5, 0.6) is 0 Å². The van der Waals surface area contributed by atoms with Crippen molar-refractivity contribution in [1.29, 1.82) is 0 Å². The molecule has 51 heavy (non-hydrogen) atoms.